The van der Waals surface area contributed by atoms with Crippen LogP contribution in [0.25, 0.3) is 0 Å². The molecular formula is C16H27N3. The van der Waals surface area contributed by atoms with Crippen molar-refractivity contribution in [1.29, 1.82) is 0 Å². The highest BCUT2D eigenvalue weighted by Crippen LogP contribution is 2.07. The molecule has 0 radical (unpaired) electrons. The van der Waals surface area contributed by atoms with Gasteiger partial charge in [0.1, 0.15) is 0 Å². The van der Waals surface area contributed by atoms with E-state index in [2.05, 4.69) is 47.1 Å². The predicted octanol–water partition coefficient (Wildman–Crippen LogP) is 1.58. The molecule has 106 valence electrons. The number of piperazine rings is 1. The Morgan fingerprint density at radius 1 is 1.05 bits per heavy atom. The van der Waals surface area contributed by atoms with Crippen molar-refractivity contribution < 1.29 is 0 Å². The van der Waals surface area contributed by atoms with Gasteiger partial charge in [0.25, 0.3) is 0 Å². The fourth-order valence-corrected chi connectivity index (χ4v) is 2.71. The molecule has 1 saturated heterocycles. The number of benzene rings is 1. The van der Waals surface area contributed by atoms with Gasteiger partial charge in [-0.2, -0.15) is 0 Å². The standard InChI is InChI=1S/C16H27N3/c1-2-18-10-12-19(13-11-18)14-16(17)9-8-15-6-4-3-5-7-15/h3-7,16H,2,8-14,17H2,1H3. The van der Waals surface area contributed by atoms with Crippen LogP contribution in [0, 0.1) is 0 Å². The number of rotatable bonds is 6. The number of hydrogen-bond donors (Lipinski definition) is 1. The molecule has 1 heterocycles. The molecule has 19 heavy (non-hydrogen) atoms. The summed E-state index contributed by atoms with van der Waals surface area (Å²) in [5.41, 5.74) is 7.66. The molecule has 2 rings (SSSR count). The summed E-state index contributed by atoms with van der Waals surface area (Å²) in [5.74, 6) is 0. The van der Waals surface area contributed by atoms with Crippen molar-refractivity contribution >= 4 is 0 Å². The van der Waals surface area contributed by atoms with Crippen LogP contribution in [0.4, 0.5) is 0 Å². The highest BCUT2D eigenvalue weighted by Gasteiger charge is 2.17. The molecule has 0 bridgehead atoms. The highest BCUT2D eigenvalue weighted by atomic mass is 15.3. The van der Waals surface area contributed by atoms with Crippen LogP contribution in [0.1, 0.15) is 18.9 Å². The van der Waals surface area contributed by atoms with Gasteiger partial charge in [-0.3, -0.25) is 4.90 Å². The Morgan fingerprint density at radius 2 is 1.68 bits per heavy atom. The van der Waals surface area contributed by atoms with Gasteiger partial charge >= 0.3 is 0 Å². The van der Waals surface area contributed by atoms with Crippen molar-refractivity contribution in [2.75, 3.05) is 39.3 Å². The van der Waals surface area contributed by atoms with Crippen molar-refractivity contribution in [3.05, 3.63) is 35.9 Å². The lowest BCUT2D eigenvalue weighted by molar-refractivity contribution is 0.130. The number of nitrogens with two attached hydrogens (primary N) is 1. The largest absolute Gasteiger partial charge is 0.327 e. The molecule has 1 atom stereocenters. The van der Waals surface area contributed by atoms with E-state index in [4.69, 9.17) is 5.73 Å². The lowest BCUT2D eigenvalue weighted by Gasteiger charge is -2.35. The third kappa shape index (κ3) is 4.94. The predicted molar refractivity (Wildman–Crippen MR) is 81.3 cm³/mol. The van der Waals surface area contributed by atoms with Crippen molar-refractivity contribution in [2.24, 2.45) is 5.73 Å². The van der Waals surface area contributed by atoms with Gasteiger partial charge in [-0.15, -0.1) is 0 Å². The molecule has 0 aliphatic carbocycles. The fraction of sp³-hybridized carbons (Fsp3) is 0.625. The highest BCUT2D eigenvalue weighted by molar-refractivity contribution is 5.14. The topological polar surface area (TPSA) is 32.5 Å². The Labute approximate surface area is 117 Å². The van der Waals surface area contributed by atoms with Crippen LogP contribution in [0.3, 0.4) is 0 Å². The summed E-state index contributed by atoms with van der Waals surface area (Å²) < 4.78 is 0. The van der Waals surface area contributed by atoms with E-state index in [0.717, 1.165) is 19.4 Å². The maximum atomic E-state index is 6.26. The molecule has 1 aromatic carbocycles. The number of hydrogen-bond acceptors (Lipinski definition) is 3. The quantitative estimate of drug-likeness (QED) is 0.844. The van der Waals surface area contributed by atoms with Crippen LogP contribution in [0.2, 0.25) is 0 Å². The zero-order chi connectivity index (χ0) is 13.5. The minimum atomic E-state index is 0.299. The lowest BCUT2D eigenvalue weighted by atomic mass is 10.1. The van der Waals surface area contributed by atoms with E-state index in [1.807, 2.05) is 0 Å². The summed E-state index contributed by atoms with van der Waals surface area (Å²) in [6, 6.07) is 10.9. The fourth-order valence-electron chi connectivity index (χ4n) is 2.71. The van der Waals surface area contributed by atoms with Crippen LogP contribution in [0.15, 0.2) is 30.3 Å². The normalized spacial score (nSPS) is 19.5. The SMILES string of the molecule is CCN1CCN(CC(N)CCc2ccccc2)CC1. The van der Waals surface area contributed by atoms with Crippen LogP contribution in [-0.2, 0) is 6.42 Å². The minimum absolute atomic E-state index is 0.299. The molecule has 1 aliphatic rings. The molecule has 0 aromatic heterocycles. The Hall–Kier alpha value is -0.900. The Morgan fingerprint density at radius 3 is 2.32 bits per heavy atom. The maximum absolute atomic E-state index is 6.26. The average molecular weight is 261 g/mol. The van der Waals surface area contributed by atoms with Gasteiger partial charge in [0.05, 0.1) is 0 Å². The van der Waals surface area contributed by atoms with Crippen LogP contribution >= 0.6 is 0 Å². The van der Waals surface area contributed by atoms with Crippen molar-refractivity contribution in [3.63, 3.8) is 0 Å². The van der Waals surface area contributed by atoms with Crippen LogP contribution in [0.5, 0.6) is 0 Å². The van der Waals surface area contributed by atoms with E-state index in [-0.39, 0.29) is 0 Å². The Balaban J connectivity index is 1.66. The molecule has 1 unspecified atom stereocenters. The minimum Gasteiger partial charge on any atom is -0.327 e. The summed E-state index contributed by atoms with van der Waals surface area (Å²) in [7, 11) is 0. The molecular weight excluding hydrogens is 234 g/mol. The summed E-state index contributed by atoms with van der Waals surface area (Å²) >= 11 is 0. The summed E-state index contributed by atoms with van der Waals surface area (Å²) in [5, 5.41) is 0. The Kier molecular flexibility index (Phi) is 5.83. The first-order chi connectivity index (χ1) is 9.28. The van der Waals surface area contributed by atoms with Gasteiger partial charge in [-0.1, -0.05) is 37.3 Å². The summed E-state index contributed by atoms with van der Waals surface area (Å²) in [6.07, 6.45) is 2.18. The zero-order valence-electron chi connectivity index (χ0n) is 12.1. The molecule has 2 N–H and O–H groups in total. The van der Waals surface area contributed by atoms with Crippen LogP contribution in [-0.4, -0.2) is 55.1 Å². The molecule has 3 heteroatoms. The van der Waals surface area contributed by atoms with Gasteiger partial charge in [0, 0.05) is 38.8 Å². The van der Waals surface area contributed by atoms with Crippen LogP contribution < -0.4 is 5.73 Å². The van der Waals surface area contributed by atoms with Gasteiger partial charge in [0.2, 0.25) is 0 Å². The van der Waals surface area contributed by atoms with E-state index in [0.29, 0.717) is 6.04 Å². The molecule has 0 saturated carbocycles. The number of likely N-dealkylation sites (N-methyl/N-ethyl adjacent to an activating group) is 1. The van der Waals surface area contributed by atoms with Gasteiger partial charge in [-0.25, -0.2) is 0 Å². The lowest BCUT2D eigenvalue weighted by Crippen LogP contribution is -2.49. The number of aryl methyl sites for hydroxylation is 1. The summed E-state index contributed by atoms with van der Waals surface area (Å²) in [4.78, 5) is 5.02. The van der Waals surface area contributed by atoms with E-state index in [9.17, 15) is 0 Å². The molecule has 3 nitrogen and oxygen atoms in total. The van der Waals surface area contributed by atoms with E-state index < -0.39 is 0 Å². The van der Waals surface area contributed by atoms with E-state index in [1.54, 1.807) is 0 Å². The average Bonchev–Trinajstić information content (AvgIpc) is 2.47. The smallest absolute Gasteiger partial charge is 0.0171 e. The number of nitrogens with zero attached hydrogens (tertiary/aromatic N) is 2. The van der Waals surface area contributed by atoms with E-state index >= 15 is 0 Å². The van der Waals surface area contributed by atoms with Gasteiger partial charge in [0.15, 0.2) is 0 Å². The first kappa shape index (κ1) is 14.5. The second-order valence-corrected chi connectivity index (χ2v) is 5.52. The molecule has 1 aliphatic heterocycles. The van der Waals surface area contributed by atoms with Crippen molar-refractivity contribution in [3.8, 4) is 0 Å². The molecule has 0 amide bonds. The first-order valence-electron chi connectivity index (χ1n) is 7.52. The Bertz CT molecular complexity index is 344. The second kappa shape index (κ2) is 7.63. The maximum Gasteiger partial charge on any atom is 0.0171 e. The summed E-state index contributed by atoms with van der Waals surface area (Å²) in [6.45, 7) is 9.20. The molecule has 1 fully saturated rings. The van der Waals surface area contributed by atoms with Crippen molar-refractivity contribution in [2.45, 2.75) is 25.8 Å². The monoisotopic (exact) mass is 261 g/mol. The van der Waals surface area contributed by atoms with E-state index in [1.165, 1.54) is 38.3 Å². The second-order valence-electron chi connectivity index (χ2n) is 5.52. The van der Waals surface area contributed by atoms with Crippen molar-refractivity contribution in [1.82, 2.24) is 9.80 Å². The molecule has 1 aromatic rings. The van der Waals surface area contributed by atoms with Gasteiger partial charge in [-0.05, 0) is 24.9 Å². The zero-order valence-corrected chi connectivity index (χ0v) is 12.1. The first-order valence-corrected chi connectivity index (χ1v) is 7.52. The van der Waals surface area contributed by atoms with Gasteiger partial charge < -0.3 is 10.6 Å². The third-order valence-electron chi connectivity index (χ3n) is 4.05. The molecule has 0 spiro atoms. The third-order valence-corrected chi connectivity index (χ3v) is 4.05.